The minimum atomic E-state index is -1.07. The molecule has 1 amide bonds. The number of carbonyl (C=O) groups is 2. The van der Waals surface area contributed by atoms with Crippen LogP contribution >= 0.6 is 0 Å². The zero-order chi connectivity index (χ0) is 18.1. The Morgan fingerprint density at radius 3 is 2.60 bits per heavy atom. The Morgan fingerprint density at radius 2 is 1.88 bits per heavy atom. The summed E-state index contributed by atoms with van der Waals surface area (Å²) in [6.07, 6.45) is 1.40. The van der Waals surface area contributed by atoms with Gasteiger partial charge in [-0.2, -0.15) is 5.10 Å². The molecule has 7 heteroatoms. The number of hydrogen-bond acceptors (Lipinski definition) is 5. The normalized spacial score (nSPS) is 10.4. The number of rotatable bonds is 8. The Bertz CT molecular complexity index is 757. The molecule has 0 saturated heterocycles. The molecule has 0 bridgehead atoms. The zero-order valence-corrected chi connectivity index (χ0v) is 13.7. The number of para-hydroxylation sites is 1. The van der Waals surface area contributed by atoms with Gasteiger partial charge in [-0.1, -0.05) is 29.8 Å². The third-order valence-electron chi connectivity index (χ3n) is 3.17. The van der Waals surface area contributed by atoms with E-state index in [9.17, 15) is 9.59 Å². The van der Waals surface area contributed by atoms with E-state index in [1.165, 1.54) is 6.21 Å². The predicted octanol–water partition coefficient (Wildman–Crippen LogP) is 2.02. The number of nitrogens with zero attached hydrogens (tertiary/aromatic N) is 1. The Labute approximate surface area is 145 Å². The zero-order valence-electron chi connectivity index (χ0n) is 13.7. The number of aryl methyl sites for hydroxylation is 1. The molecule has 0 radical (unpaired) electrons. The van der Waals surface area contributed by atoms with Gasteiger partial charge in [0.25, 0.3) is 5.91 Å². The van der Waals surface area contributed by atoms with Crippen LogP contribution in [-0.4, -0.2) is 36.3 Å². The topological polar surface area (TPSA) is 100 Å². The standard InChI is InChI=1S/C18H19N3O4/c1-13-6-8-15(9-7-13)19-11-17(22)21-20-10-14-4-2-3-5-16(14)25-12-18(23)24/h2-10,19H,11-12H2,1H3,(H,21,22)(H,23,24)/b20-10-. The molecule has 2 aromatic rings. The summed E-state index contributed by atoms with van der Waals surface area (Å²) < 4.78 is 5.16. The van der Waals surface area contributed by atoms with Crippen molar-refractivity contribution in [1.29, 1.82) is 0 Å². The van der Waals surface area contributed by atoms with E-state index in [4.69, 9.17) is 9.84 Å². The number of hydrazone groups is 1. The number of aliphatic carboxylic acids is 1. The van der Waals surface area contributed by atoms with Crippen LogP contribution in [0.25, 0.3) is 0 Å². The molecule has 0 aliphatic heterocycles. The quantitative estimate of drug-likeness (QED) is 0.504. The number of carboxylic acids is 1. The van der Waals surface area contributed by atoms with Crippen LogP contribution in [-0.2, 0) is 9.59 Å². The minimum Gasteiger partial charge on any atom is -0.481 e. The van der Waals surface area contributed by atoms with Crippen molar-refractivity contribution in [2.75, 3.05) is 18.5 Å². The van der Waals surface area contributed by atoms with Gasteiger partial charge in [-0.15, -0.1) is 0 Å². The summed E-state index contributed by atoms with van der Waals surface area (Å²) in [5.41, 5.74) is 4.95. The number of amides is 1. The molecule has 130 valence electrons. The summed E-state index contributed by atoms with van der Waals surface area (Å²) in [6.45, 7) is 1.62. The van der Waals surface area contributed by atoms with E-state index >= 15 is 0 Å². The largest absolute Gasteiger partial charge is 0.481 e. The lowest BCUT2D eigenvalue weighted by Gasteiger charge is -2.07. The van der Waals surface area contributed by atoms with Gasteiger partial charge in [0.2, 0.25) is 0 Å². The molecule has 2 rings (SSSR count). The van der Waals surface area contributed by atoms with Gasteiger partial charge in [-0.3, -0.25) is 4.79 Å². The summed E-state index contributed by atoms with van der Waals surface area (Å²) in [6, 6.07) is 14.5. The van der Waals surface area contributed by atoms with Crippen LogP contribution in [0.1, 0.15) is 11.1 Å². The number of carboxylic acid groups (broad SMARTS) is 1. The molecule has 0 saturated carbocycles. The molecule has 0 aliphatic rings. The highest BCUT2D eigenvalue weighted by molar-refractivity contribution is 5.86. The number of benzene rings is 2. The van der Waals surface area contributed by atoms with Crippen molar-refractivity contribution >= 4 is 23.8 Å². The Kier molecular flexibility index (Phi) is 6.53. The second kappa shape index (κ2) is 9.07. The van der Waals surface area contributed by atoms with Gasteiger partial charge < -0.3 is 15.2 Å². The molecule has 0 heterocycles. The van der Waals surface area contributed by atoms with Crippen molar-refractivity contribution in [3.8, 4) is 5.75 Å². The fourth-order valence-electron chi connectivity index (χ4n) is 1.93. The molecule has 0 aromatic heterocycles. The van der Waals surface area contributed by atoms with Crippen molar-refractivity contribution in [1.82, 2.24) is 5.43 Å². The first-order valence-corrected chi connectivity index (χ1v) is 7.60. The summed E-state index contributed by atoms with van der Waals surface area (Å²) >= 11 is 0. The lowest BCUT2D eigenvalue weighted by atomic mass is 10.2. The molecule has 0 fully saturated rings. The van der Waals surface area contributed by atoms with Crippen LogP contribution in [0.15, 0.2) is 53.6 Å². The van der Waals surface area contributed by atoms with Gasteiger partial charge >= 0.3 is 5.97 Å². The third kappa shape index (κ3) is 6.34. The van der Waals surface area contributed by atoms with Crippen LogP contribution in [0.5, 0.6) is 5.75 Å². The third-order valence-corrected chi connectivity index (χ3v) is 3.17. The van der Waals surface area contributed by atoms with Crippen molar-refractivity contribution in [2.45, 2.75) is 6.92 Å². The van der Waals surface area contributed by atoms with E-state index < -0.39 is 12.6 Å². The van der Waals surface area contributed by atoms with Crippen LogP contribution in [0.4, 0.5) is 5.69 Å². The summed E-state index contributed by atoms with van der Waals surface area (Å²) in [4.78, 5) is 22.3. The summed E-state index contributed by atoms with van der Waals surface area (Å²) in [7, 11) is 0. The average molecular weight is 341 g/mol. The molecule has 0 atom stereocenters. The van der Waals surface area contributed by atoms with Crippen molar-refractivity contribution < 1.29 is 19.4 Å². The monoisotopic (exact) mass is 341 g/mol. The van der Waals surface area contributed by atoms with Gasteiger partial charge in [-0.05, 0) is 31.2 Å². The van der Waals surface area contributed by atoms with Gasteiger partial charge in [0.15, 0.2) is 6.61 Å². The molecule has 3 N–H and O–H groups in total. The first-order valence-electron chi connectivity index (χ1n) is 7.60. The highest BCUT2D eigenvalue weighted by Gasteiger charge is 2.04. The van der Waals surface area contributed by atoms with E-state index in [0.29, 0.717) is 11.3 Å². The lowest BCUT2D eigenvalue weighted by molar-refractivity contribution is -0.139. The van der Waals surface area contributed by atoms with Crippen molar-refractivity contribution in [3.63, 3.8) is 0 Å². The van der Waals surface area contributed by atoms with E-state index in [1.54, 1.807) is 24.3 Å². The molecule has 7 nitrogen and oxygen atoms in total. The predicted molar refractivity (Wildman–Crippen MR) is 95.0 cm³/mol. The highest BCUT2D eigenvalue weighted by Crippen LogP contribution is 2.15. The van der Waals surface area contributed by atoms with E-state index in [-0.39, 0.29) is 12.5 Å². The second-order valence-electron chi connectivity index (χ2n) is 5.23. The van der Waals surface area contributed by atoms with E-state index in [0.717, 1.165) is 11.3 Å². The van der Waals surface area contributed by atoms with Crippen LogP contribution in [0.3, 0.4) is 0 Å². The Balaban J connectivity index is 1.84. The molecule has 0 unspecified atom stereocenters. The number of hydrogen-bond donors (Lipinski definition) is 3. The van der Waals surface area contributed by atoms with Crippen LogP contribution in [0.2, 0.25) is 0 Å². The Hall–Kier alpha value is -3.35. The fourth-order valence-corrected chi connectivity index (χ4v) is 1.93. The van der Waals surface area contributed by atoms with Crippen molar-refractivity contribution in [2.24, 2.45) is 5.10 Å². The molecule has 0 aliphatic carbocycles. The molecule has 0 spiro atoms. The second-order valence-corrected chi connectivity index (χ2v) is 5.23. The number of ether oxygens (including phenoxy) is 1. The molecular formula is C18H19N3O4. The smallest absolute Gasteiger partial charge is 0.341 e. The first-order chi connectivity index (χ1) is 12.0. The maximum atomic E-state index is 11.8. The van der Waals surface area contributed by atoms with Crippen LogP contribution in [0, 0.1) is 6.92 Å². The lowest BCUT2D eigenvalue weighted by Crippen LogP contribution is -2.25. The highest BCUT2D eigenvalue weighted by atomic mass is 16.5. The SMILES string of the molecule is Cc1ccc(NCC(=O)N/N=C\c2ccccc2OCC(=O)O)cc1. The van der Waals surface area contributed by atoms with E-state index in [2.05, 4.69) is 15.8 Å². The Morgan fingerprint density at radius 1 is 1.16 bits per heavy atom. The minimum absolute atomic E-state index is 0.0809. The van der Waals surface area contributed by atoms with Crippen molar-refractivity contribution in [3.05, 3.63) is 59.7 Å². The maximum absolute atomic E-state index is 11.8. The summed E-state index contributed by atoms with van der Waals surface area (Å²) in [5, 5.41) is 15.5. The average Bonchev–Trinajstić information content (AvgIpc) is 2.60. The van der Waals surface area contributed by atoms with Crippen LogP contribution < -0.4 is 15.5 Å². The summed E-state index contributed by atoms with van der Waals surface area (Å²) in [5.74, 6) is -0.997. The first kappa shape index (κ1) is 18.0. The van der Waals surface area contributed by atoms with Gasteiger partial charge in [-0.25, -0.2) is 10.2 Å². The van der Waals surface area contributed by atoms with Gasteiger partial charge in [0, 0.05) is 11.3 Å². The molecule has 2 aromatic carbocycles. The fraction of sp³-hybridized carbons (Fsp3) is 0.167. The molecular weight excluding hydrogens is 322 g/mol. The van der Waals surface area contributed by atoms with Gasteiger partial charge in [0.1, 0.15) is 5.75 Å². The number of nitrogens with one attached hydrogen (secondary N) is 2. The van der Waals surface area contributed by atoms with Gasteiger partial charge in [0.05, 0.1) is 12.8 Å². The number of anilines is 1. The maximum Gasteiger partial charge on any atom is 0.341 e. The van der Waals surface area contributed by atoms with E-state index in [1.807, 2.05) is 31.2 Å². The molecule has 25 heavy (non-hydrogen) atoms. The number of carbonyl (C=O) groups excluding carboxylic acids is 1.